The minimum absolute atomic E-state index is 0.580. The summed E-state index contributed by atoms with van der Waals surface area (Å²) in [5.41, 5.74) is 9.24. The Morgan fingerprint density at radius 2 is 0.922 bits per heavy atom. The maximum Gasteiger partial charge on any atom is 0.164 e. The van der Waals surface area contributed by atoms with Gasteiger partial charge in [0.1, 0.15) is 22.3 Å². The zero-order valence-electron chi connectivity index (χ0n) is 27.1. The highest BCUT2D eigenvalue weighted by Crippen LogP contribution is 2.41. The molecule has 11 aromatic rings. The zero-order valence-corrected chi connectivity index (χ0v) is 27.1. The second kappa shape index (κ2) is 10.7. The minimum Gasteiger partial charge on any atom is -0.456 e. The van der Waals surface area contributed by atoms with Crippen LogP contribution < -0.4 is 0 Å². The van der Waals surface area contributed by atoms with Crippen molar-refractivity contribution in [2.45, 2.75) is 0 Å². The first-order valence-corrected chi connectivity index (χ1v) is 16.9. The van der Waals surface area contributed by atoms with E-state index < -0.39 is 0 Å². The molecule has 238 valence electrons. The van der Waals surface area contributed by atoms with Crippen LogP contribution in [-0.2, 0) is 0 Å². The molecule has 0 saturated carbocycles. The molecular weight excluding hydrogens is 629 g/mol. The summed E-state index contributed by atoms with van der Waals surface area (Å²) in [5.74, 6) is 1.81. The number of para-hydroxylation sites is 2. The molecule has 0 aliphatic heterocycles. The van der Waals surface area contributed by atoms with Crippen molar-refractivity contribution in [1.29, 1.82) is 0 Å². The summed E-state index contributed by atoms with van der Waals surface area (Å²) < 4.78 is 15.5. The number of hydrogen-bond donors (Lipinski definition) is 0. The Kier molecular flexibility index (Phi) is 5.86. The third-order valence-corrected chi connectivity index (χ3v) is 9.85. The summed E-state index contributed by atoms with van der Waals surface area (Å²) in [5, 5.41) is 6.37. The third-order valence-electron chi connectivity index (χ3n) is 9.85. The number of rotatable bonds is 4. The lowest BCUT2D eigenvalue weighted by atomic mass is 10.0. The number of nitrogens with zero attached hydrogens (tertiary/aromatic N) is 4. The highest BCUT2D eigenvalue weighted by atomic mass is 16.3. The molecule has 0 saturated heterocycles. The molecule has 0 atom stereocenters. The SMILES string of the molecule is c1ccc(-c2nc(-c3ccccc3)nc(-c3cccc4oc5cc6c(cc5c34)oc3cc(-n4c5ccccc5c5ccccc54)ccc36)n2)cc1. The number of fused-ring (bicyclic) bond motifs is 9. The number of hydrogen-bond acceptors (Lipinski definition) is 5. The molecule has 4 aromatic heterocycles. The van der Waals surface area contributed by atoms with Crippen LogP contribution in [0, 0.1) is 0 Å². The summed E-state index contributed by atoms with van der Waals surface area (Å²) in [4.78, 5) is 14.9. The molecule has 11 rings (SSSR count). The van der Waals surface area contributed by atoms with Gasteiger partial charge in [-0.1, -0.05) is 109 Å². The maximum absolute atomic E-state index is 6.64. The first kappa shape index (κ1) is 27.9. The van der Waals surface area contributed by atoms with Gasteiger partial charge in [0.25, 0.3) is 0 Å². The molecule has 0 radical (unpaired) electrons. The van der Waals surface area contributed by atoms with Gasteiger partial charge in [0.05, 0.1) is 11.0 Å². The van der Waals surface area contributed by atoms with E-state index in [9.17, 15) is 0 Å². The molecule has 6 heteroatoms. The molecular formula is C45H26N4O2. The van der Waals surface area contributed by atoms with E-state index in [4.69, 9.17) is 23.8 Å². The Morgan fingerprint density at radius 3 is 1.61 bits per heavy atom. The maximum atomic E-state index is 6.64. The van der Waals surface area contributed by atoms with Crippen molar-refractivity contribution in [2.24, 2.45) is 0 Å². The number of benzene rings is 7. The summed E-state index contributed by atoms with van der Waals surface area (Å²) in [6.45, 7) is 0. The fraction of sp³-hybridized carbons (Fsp3) is 0. The molecule has 4 heterocycles. The fourth-order valence-corrected chi connectivity index (χ4v) is 7.54. The Hall–Kier alpha value is -7.05. The monoisotopic (exact) mass is 654 g/mol. The highest BCUT2D eigenvalue weighted by molar-refractivity contribution is 6.18. The molecule has 6 nitrogen and oxygen atoms in total. The third kappa shape index (κ3) is 4.26. The lowest BCUT2D eigenvalue weighted by Crippen LogP contribution is -2.00. The Morgan fingerprint density at radius 1 is 0.373 bits per heavy atom. The van der Waals surface area contributed by atoms with Crippen molar-refractivity contribution in [3.8, 4) is 39.9 Å². The summed E-state index contributed by atoms with van der Waals surface area (Å²) in [6, 6.07) is 53.8. The van der Waals surface area contributed by atoms with E-state index in [1.54, 1.807) is 0 Å². The standard InChI is InChI=1S/C45H26N4O2/c1-3-12-27(13-4-1)43-46-44(28-14-5-2-6-15-28)48-45(47-43)33-18-11-21-38-42(33)35-26-40-34(25-41(35)50-38)32-23-22-29(24-39(32)51-40)49-36-19-9-7-16-30(36)31-17-8-10-20-37(31)49/h1-26H. The minimum atomic E-state index is 0.580. The van der Waals surface area contributed by atoms with E-state index in [1.165, 1.54) is 10.8 Å². The summed E-state index contributed by atoms with van der Waals surface area (Å²) in [7, 11) is 0. The molecule has 0 spiro atoms. The molecule has 0 unspecified atom stereocenters. The molecule has 0 amide bonds. The van der Waals surface area contributed by atoms with Gasteiger partial charge in [-0.2, -0.15) is 0 Å². The molecule has 7 aromatic carbocycles. The van der Waals surface area contributed by atoms with E-state index in [0.29, 0.717) is 17.5 Å². The fourth-order valence-electron chi connectivity index (χ4n) is 7.54. The van der Waals surface area contributed by atoms with Crippen molar-refractivity contribution >= 4 is 65.7 Å². The summed E-state index contributed by atoms with van der Waals surface area (Å²) >= 11 is 0. The van der Waals surface area contributed by atoms with Gasteiger partial charge < -0.3 is 13.4 Å². The molecule has 51 heavy (non-hydrogen) atoms. The quantitative estimate of drug-likeness (QED) is 0.189. The lowest BCUT2D eigenvalue weighted by molar-refractivity contribution is 0.664. The van der Waals surface area contributed by atoms with Crippen LogP contribution in [0.3, 0.4) is 0 Å². The van der Waals surface area contributed by atoms with E-state index in [1.807, 2.05) is 72.8 Å². The normalized spacial score (nSPS) is 11.9. The topological polar surface area (TPSA) is 69.9 Å². The van der Waals surface area contributed by atoms with Crippen molar-refractivity contribution < 1.29 is 8.83 Å². The Bertz CT molecular complexity index is 3030. The highest BCUT2D eigenvalue weighted by Gasteiger charge is 2.20. The Labute approximate surface area is 290 Å². The van der Waals surface area contributed by atoms with Crippen molar-refractivity contribution in [1.82, 2.24) is 19.5 Å². The zero-order chi connectivity index (χ0) is 33.5. The van der Waals surface area contributed by atoms with Gasteiger partial charge in [-0.05, 0) is 42.5 Å². The van der Waals surface area contributed by atoms with Crippen LogP contribution in [0.25, 0.3) is 106 Å². The molecule has 0 N–H and O–H groups in total. The Balaban J connectivity index is 1.11. The number of furan rings is 2. The first-order chi connectivity index (χ1) is 25.3. The smallest absolute Gasteiger partial charge is 0.164 e. The van der Waals surface area contributed by atoms with Crippen molar-refractivity contribution in [3.05, 3.63) is 158 Å². The van der Waals surface area contributed by atoms with Crippen LogP contribution in [0.15, 0.2) is 167 Å². The van der Waals surface area contributed by atoms with Crippen molar-refractivity contribution in [2.75, 3.05) is 0 Å². The average molecular weight is 655 g/mol. The van der Waals surface area contributed by atoms with Gasteiger partial charge in [0.2, 0.25) is 0 Å². The van der Waals surface area contributed by atoms with Gasteiger partial charge in [0, 0.05) is 60.8 Å². The average Bonchev–Trinajstić information content (AvgIpc) is 3.86. The van der Waals surface area contributed by atoms with Crippen LogP contribution in [0.2, 0.25) is 0 Å². The lowest BCUT2D eigenvalue weighted by Gasteiger charge is -2.09. The van der Waals surface area contributed by atoms with E-state index in [0.717, 1.165) is 77.3 Å². The molecule has 0 aliphatic rings. The summed E-state index contributed by atoms with van der Waals surface area (Å²) in [6.07, 6.45) is 0. The van der Waals surface area contributed by atoms with Crippen LogP contribution >= 0.6 is 0 Å². The molecule has 0 aliphatic carbocycles. The molecule has 0 bridgehead atoms. The predicted molar refractivity (Wildman–Crippen MR) is 205 cm³/mol. The largest absolute Gasteiger partial charge is 0.456 e. The van der Waals surface area contributed by atoms with Crippen LogP contribution in [0.4, 0.5) is 0 Å². The van der Waals surface area contributed by atoms with Crippen LogP contribution in [-0.4, -0.2) is 19.5 Å². The van der Waals surface area contributed by atoms with Gasteiger partial charge >= 0.3 is 0 Å². The second-order valence-corrected chi connectivity index (χ2v) is 12.8. The first-order valence-electron chi connectivity index (χ1n) is 16.9. The second-order valence-electron chi connectivity index (χ2n) is 12.8. The van der Waals surface area contributed by atoms with Gasteiger partial charge in [0.15, 0.2) is 17.5 Å². The van der Waals surface area contributed by atoms with Gasteiger partial charge in [-0.25, -0.2) is 15.0 Å². The van der Waals surface area contributed by atoms with E-state index in [2.05, 4.69) is 89.5 Å². The van der Waals surface area contributed by atoms with Crippen molar-refractivity contribution in [3.63, 3.8) is 0 Å². The number of aromatic nitrogens is 4. The van der Waals surface area contributed by atoms with E-state index in [-0.39, 0.29) is 0 Å². The van der Waals surface area contributed by atoms with Crippen LogP contribution in [0.1, 0.15) is 0 Å². The van der Waals surface area contributed by atoms with Crippen LogP contribution in [0.5, 0.6) is 0 Å². The van der Waals surface area contributed by atoms with E-state index >= 15 is 0 Å². The molecule has 0 fully saturated rings. The van der Waals surface area contributed by atoms with Gasteiger partial charge in [-0.15, -0.1) is 0 Å². The van der Waals surface area contributed by atoms with Gasteiger partial charge in [-0.3, -0.25) is 0 Å². The predicted octanol–water partition coefficient (Wildman–Crippen LogP) is 11.8.